The highest BCUT2D eigenvalue weighted by Crippen LogP contribution is 2.22. The molecule has 3 rings (SSSR count). The van der Waals surface area contributed by atoms with E-state index in [0.29, 0.717) is 16.8 Å². The van der Waals surface area contributed by atoms with Crippen LogP contribution >= 0.6 is 0 Å². The minimum atomic E-state index is -0.522. The maximum Gasteiger partial charge on any atom is 0.337 e. The molecule has 0 radical (unpaired) electrons. The largest absolute Gasteiger partial charge is 0.465 e. The second-order valence-corrected chi connectivity index (χ2v) is 5.61. The van der Waals surface area contributed by atoms with Crippen molar-refractivity contribution in [3.63, 3.8) is 0 Å². The van der Waals surface area contributed by atoms with Crippen LogP contribution in [0.4, 0.5) is 5.69 Å². The van der Waals surface area contributed by atoms with E-state index in [1.807, 2.05) is 18.2 Å². The van der Waals surface area contributed by atoms with Crippen LogP contribution in [-0.4, -0.2) is 24.0 Å². The van der Waals surface area contributed by atoms with E-state index in [4.69, 9.17) is 0 Å². The Labute approximate surface area is 155 Å². The van der Waals surface area contributed by atoms with Gasteiger partial charge in [0.1, 0.15) is 11.6 Å². The minimum Gasteiger partial charge on any atom is -0.465 e. The monoisotopic (exact) mass is 357 g/mol. The molecule has 6 nitrogen and oxygen atoms in total. The normalized spacial score (nSPS) is 10.9. The number of esters is 1. The van der Waals surface area contributed by atoms with Crippen LogP contribution < -0.4 is 5.32 Å². The third kappa shape index (κ3) is 3.99. The van der Waals surface area contributed by atoms with E-state index in [1.54, 1.807) is 48.7 Å². The van der Waals surface area contributed by atoms with Gasteiger partial charge in [0.2, 0.25) is 0 Å². The number of benzene rings is 2. The number of ether oxygens (including phenoxy) is 1. The maximum atomic E-state index is 12.5. The number of hydrogen-bond acceptors (Lipinski definition) is 5. The number of carbonyl (C=O) groups excluding carboxylic acids is 2. The summed E-state index contributed by atoms with van der Waals surface area (Å²) < 4.78 is 4.64. The third-order valence-corrected chi connectivity index (χ3v) is 3.90. The average molecular weight is 357 g/mol. The number of aromatic nitrogens is 1. The Balaban J connectivity index is 1.84. The number of rotatable bonds is 4. The number of nitrogens with zero attached hydrogens (tertiary/aromatic N) is 2. The molecule has 0 atom stereocenters. The fraction of sp³-hybridized carbons (Fsp3) is 0.0476. The molecule has 3 aromatic rings. The highest BCUT2D eigenvalue weighted by Gasteiger charge is 2.12. The average Bonchev–Trinajstić information content (AvgIpc) is 2.72. The maximum absolute atomic E-state index is 12.5. The lowest BCUT2D eigenvalue weighted by Crippen LogP contribution is -2.13. The summed E-state index contributed by atoms with van der Waals surface area (Å²) >= 11 is 0. The molecule has 1 aromatic heterocycles. The molecule has 0 aliphatic heterocycles. The molecule has 0 spiro atoms. The summed E-state index contributed by atoms with van der Waals surface area (Å²) in [4.78, 5) is 28.2. The van der Waals surface area contributed by atoms with Crippen molar-refractivity contribution in [3.05, 3.63) is 77.5 Å². The van der Waals surface area contributed by atoms with Crippen LogP contribution in [0.15, 0.2) is 66.4 Å². The summed E-state index contributed by atoms with van der Waals surface area (Å²) in [5.74, 6) is -0.973. The highest BCUT2D eigenvalue weighted by atomic mass is 16.5. The number of amides is 1. The molecule has 0 unspecified atom stereocenters. The lowest BCUT2D eigenvalue weighted by molar-refractivity contribution is -0.112. The Morgan fingerprint density at radius 2 is 1.89 bits per heavy atom. The van der Waals surface area contributed by atoms with E-state index in [2.05, 4.69) is 15.0 Å². The van der Waals surface area contributed by atoms with Crippen LogP contribution in [0, 0.1) is 11.3 Å². The van der Waals surface area contributed by atoms with Crippen molar-refractivity contribution in [3.8, 4) is 6.07 Å². The minimum absolute atomic E-state index is 0.0540. The summed E-state index contributed by atoms with van der Waals surface area (Å²) in [6.45, 7) is 0. The molecule has 27 heavy (non-hydrogen) atoms. The number of nitrogens with one attached hydrogen (secondary N) is 1. The zero-order valence-corrected chi connectivity index (χ0v) is 14.5. The van der Waals surface area contributed by atoms with Crippen molar-refractivity contribution in [2.24, 2.45) is 0 Å². The van der Waals surface area contributed by atoms with Gasteiger partial charge in [-0.05, 0) is 48.0 Å². The van der Waals surface area contributed by atoms with Crippen LogP contribution in [0.3, 0.4) is 0 Å². The van der Waals surface area contributed by atoms with Gasteiger partial charge < -0.3 is 10.1 Å². The zero-order valence-electron chi connectivity index (χ0n) is 14.5. The second-order valence-electron chi connectivity index (χ2n) is 5.61. The number of pyridine rings is 1. The third-order valence-electron chi connectivity index (χ3n) is 3.90. The van der Waals surface area contributed by atoms with Gasteiger partial charge in [-0.15, -0.1) is 0 Å². The van der Waals surface area contributed by atoms with Crippen molar-refractivity contribution in [1.82, 2.24) is 4.98 Å². The first-order valence-electron chi connectivity index (χ1n) is 8.07. The van der Waals surface area contributed by atoms with Gasteiger partial charge in [0.25, 0.3) is 5.91 Å². The van der Waals surface area contributed by atoms with E-state index in [0.717, 1.165) is 10.9 Å². The molecule has 0 bridgehead atoms. The summed E-state index contributed by atoms with van der Waals surface area (Å²) in [6.07, 6.45) is 3.13. The smallest absolute Gasteiger partial charge is 0.337 e. The Bertz CT molecular complexity index is 1070. The second kappa shape index (κ2) is 7.93. The Morgan fingerprint density at radius 3 is 2.59 bits per heavy atom. The molecule has 1 amide bonds. The quantitative estimate of drug-likeness (QED) is 0.438. The molecule has 0 saturated heterocycles. The highest BCUT2D eigenvalue weighted by molar-refractivity contribution is 6.12. The molecule has 1 heterocycles. The standard InChI is InChI=1S/C21H15N3O3/c1-27-21(26)15-9-7-14(8-10-15)12-16(13-22)20(25)24-19-6-2-5-18-17(19)4-3-11-23-18/h2-12H,1H3,(H,24,25). The Kier molecular flexibility index (Phi) is 5.24. The lowest BCUT2D eigenvalue weighted by Gasteiger charge is -2.07. The first-order valence-corrected chi connectivity index (χ1v) is 8.07. The summed E-state index contributed by atoms with van der Waals surface area (Å²) in [7, 11) is 1.30. The van der Waals surface area contributed by atoms with Gasteiger partial charge in [-0.1, -0.05) is 18.2 Å². The predicted octanol–water partition coefficient (Wildman–Crippen LogP) is 3.57. The van der Waals surface area contributed by atoms with E-state index in [-0.39, 0.29) is 5.57 Å². The molecule has 1 N–H and O–H groups in total. The molecule has 0 aliphatic rings. The van der Waals surface area contributed by atoms with Crippen molar-refractivity contribution in [2.45, 2.75) is 0 Å². The molecule has 0 aliphatic carbocycles. The first kappa shape index (κ1) is 17.8. The number of nitriles is 1. The molecular weight excluding hydrogens is 342 g/mol. The summed E-state index contributed by atoms with van der Waals surface area (Å²) in [5.41, 5.74) is 2.28. The predicted molar refractivity (Wildman–Crippen MR) is 102 cm³/mol. The van der Waals surface area contributed by atoms with Gasteiger partial charge in [-0.2, -0.15) is 5.26 Å². The molecule has 0 saturated carbocycles. The number of anilines is 1. The van der Waals surface area contributed by atoms with Crippen molar-refractivity contribution < 1.29 is 14.3 Å². The first-order chi connectivity index (χ1) is 13.1. The Morgan fingerprint density at radius 1 is 1.11 bits per heavy atom. The SMILES string of the molecule is COC(=O)c1ccc(C=C(C#N)C(=O)Nc2cccc3ncccc23)cc1. The van der Waals surface area contributed by atoms with Crippen LogP contribution in [-0.2, 0) is 9.53 Å². The van der Waals surface area contributed by atoms with E-state index in [1.165, 1.54) is 13.2 Å². The number of fused-ring (bicyclic) bond motifs is 1. The zero-order chi connectivity index (χ0) is 19.2. The molecule has 2 aromatic carbocycles. The van der Waals surface area contributed by atoms with Gasteiger partial charge >= 0.3 is 5.97 Å². The molecular formula is C21H15N3O3. The number of hydrogen-bond donors (Lipinski definition) is 1. The molecule has 132 valence electrons. The van der Waals surface area contributed by atoms with Gasteiger partial charge in [0.15, 0.2) is 0 Å². The summed E-state index contributed by atoms with van der Waals surface area (Å²) in [5, 5.41) is 12.9. The Hall–Kier alpha value is -3.98. The fourth-order valence-electron chi connectivity index (χ4n) is 2.55. The topological polar surface area (TPSA) is 92.1 Å². The number of carbonyl (C=O) groups is 2. The van der Waals surface area contributed by atoms with Gasteiger partial charge in [-0.3, -0.25) is 9.78 Å². The fourth-order valence-corrected chi connectivity index (χ4v) is 2.55. The lowest BCUT2D eigenvalue weighted by atomic mass is 10.1. The van der Waals surface area contributed by atoms with Crippen molar-refractivity contribution in [2.75, 3.05) is 12.4 Å². The summed E-state index contributed by atoms with van der Waals surface area (Å²) in [6, 6.07) is 17.3. The number of methoxy groups -OCH3 is 1. The van der Waals surface area contributed by atoms with Crippen LogP contribution in [0.25, 0.3) is 17.0 Å². The van der Waals surface area contributed by atoms with Crippen LogP contribution in [0.2, 0.25) is 0 Å². The van der Waals surface area contributed by atoms with Crippen molar-refractivity contribution >= 4 is 34.5 Å². The van der Waals surface area contributed by atoms with E-state index >= 15 is 0 Å². The van der Waals surface area contributed by atoms with Crippen molar-refractivity contribution in [1.29, 1.82) is 5.26 Å². The van der Waals surface area contributed by atoms with E-state index < -0.39 is 11.9 Å². The van der Waals surface area contributed by atoms with E-state index in [9.17, 15) is 14.9 Å². The molecule has 0 fully saturated rings. The molecule has 6 heteroatoms. The van der Waals surface area contributed by atoms with Gasteiger partial charge in [-0.25, -0.2) is 4.79 Å². The van der Waals surface area contributed by atoms with Crippen LogP contribution in [0.1, 0.15) is 15.9 Å². The van der Waals surface area contributed by atoms with Gasteiger partial charge in [0, 0.05) is 11.6 Å². The van der Waals surface area contributed by atoms with Gasteiger partial charge in [0.05, 0.1) is 23.9 Å². The van der Waals surface area contributed by atoms with Crippen LogP contribution in [0.5, 0.6) is 0 Å².